The minimum absolute atomic E-state index is 0.233. The van der Waals surface area contributed by atoms with Gasteiger partial charge in [-0.1, -0.05) is 366 Å². The molecule has 3 saturated heterocycles. The second kappa shape index (κ2) is 67.1. The van der Waals surface area contributed by atoms with Crippen molar-refractivity contribution in [2.75, 3.05) is 26.4 Å². The van der Waals surface area contributed by atoms with Crippen molar-refractivity contribution >= 4 is 5.91 Å². The number of aliphatic hydroxyl groups excluding tert-OH is 11. The van der Waals surface area contributed by atoms with Crippen LogP contribution in [0.5, 0.6) is 0 Å². The van der Waals surface area contributed by atoms with Crippen LogP contribution in [0, 0.1) is 0 Å². The van der Waals surface area contributed by atoms with E-state index in [9.17, 15) is 61.0 Å². The van der Waals surface area contributed by atoms with Gasteiger partial charge < -0.3 is 89.9 Å². The van der Waals surface area contributed by atoms with E-state index in [1.807, 2.05) is 0 Å². The van der Waals surface area contributed by atoms with Gasteiger partial charge in [-0.25, -0.2) is 0 Å². The standard InChI is InChI=1S/C86H165NO18/c1-3-5-7-9-11-13-15-17-19-21-23-25-27-29-31-33-34-36-38-40-42-44-46-48-50-52-54-56-58-60-62-64-74(92)87-69(70(91)63-61-59-57-55-53-51-49-47-45-43-41-39-37-35-32-30-28-26-24-22-20-18-16-14-12-10-8-6-4-2)68-100-84-80(98)77(95)82(72(66-89)102-84)105-86-81(99)78(96)83(73(67-90)103-86)104-85-79(97)76(94)75(93)71(65-88)101-85/h21,23,69-73,75-86,88-91,93-99H,3-20,22,24-68H2,1-2H3,(H,87,92)/b23-21-. The summed E-state index contributed by atoms with van der Waals surface area (Å²) in [7, 11) is 0. The summed E-state index contributed by atoms with van der Waals surface area (Å²) in [4.78, 5) is 13.5. The molecule has 0 aromatic rings. The molecule has 17 unspecified atom stereocenters. The van der Waals surface area contributed by atoms with E-state index < -0.39 is 124 Å². The highest BCUT2D eigenvalue weighted by Crippen LogP contribution is 2.34. The van der Waals surface area contributed by atoms with Gasteiger partial charge in [-0.15, -0.1) is 0 Å². The number of carbonyl (C=O) groups is 1. The summed E-state index contributed by atoms with van der Waals surface area (Å²) in [6, 6.07) is -0.886. The molecule has 3 aliphatic heterocycles. The monoisotopic (exact) mass is 1500 g/mol. The van der Waals surface area contributed by atoms with Gasteiger partial charge >= 0.3 is 0 Å². The summed E-state index contributed by atoms with van der Waals surface area (Å²) >= 11 is 0. The average molecular weight is 1500 g/mol. The Labute approximate surface area is 639 Å². The van der Waals surface area contributed by atoms with Crippen LogP contribution < -0.4 is 5.32 Å². The van der Waals surface area contributed by atoms with Crippen LogP contribution in [0.3, 0.4) is 0 Å². The van der Waals surface area contributed by atoms with Crippen LogP contribution in [-0.2, 0) is 33.2 Å². The van der Waals surface area contributed by atoms with Crippen molar-refractivity contribution in [3.05, 3.63) is 12.2 Å². The van der Waals surface area contributed by atoms with Gasteiger partial charge in [0.05, 0.1) is 38.6 Å². The van der Waals surface area contributed by atoms with Gasteiger partial charge in [-0.2, -0.15) is 0 Å². The van der Waals surface area contributed by atoms with E-state index in [0.29, 0.717) is 12.8 Å². The minimum atomic E-state index is -1.97. The topological polar surface area (TPSA) is 307 Å². The predicted octanol–water partition coefficient (Wildman–Crippen LogP) is 16.3. The Morgan fingerprint density at radius 1 is 0.333 bits per heavy atom. The molecule has 1 amide bonds. The van der Waals surface area contributed by atoms with Gasteiger partial charge in [0.2, 0.25) is 5.91 Å². The number of nitrogens with one attached hydrogen (secondary N) is 1. The zero-order valence-electron chi connectivity index (χ0n) is 67.0. The van der Waals surface area contributed by atoms with Crippen molar-refractivity contribution in [1.82, 2.24) is 5.32 Å². The molecule has 0 saturated carbocycles. The molecule has 3 fully saturated rings. The molecule has 3 heterocycles. The lowest BCUT2D eigenvalue weighted by molar-refractivity contribution is -0.379. The van der Waals surface area contributed by atoms with Crippen LogP contribution in [-0.4, -0.2) is 193 Å². The second-order valence-electron chi connectivity index (χ2n) is 32.1. The number of allylic oxidation sites excluding steroid dienone is 2. The number of ether oxygens (including phenoxy) is 6. The first kappa shape index (κ1) is 97.7. The molecule has 0 aromatic carbocycles. The molecule has 19 heteroatoms. The first-order valence-electron chi connectivity index (χ1n) is 44.4. The first-order valence-corrected chi connectivity index (χ1v) is 44.4. The van der Waals surface area contributed by atoms with Crippen LogP contribution in [0.25, 0.3) is 0 Å². The van der Waals surface area contributed by atoms with Crippen LogP contribution >= 0.6 is 0 Å². The quantitative estimate of drug-likeness (QED) is 0.0199. The number of rotatable bonds is 73. The van der Waals surface area contributed by atoms with Gasteiger partial charge in [-0.3, -0.25) is 4.79 Å². The lowest BCUT2D eigenvalue weighted by Gasteiger charge is -2.48. The number of aliphatic hydroxyl groups is 11. The van der Waals surface area contributed by atoms with Gasteiger partial charge in [0, 0.05) is 6.42 Å². The Morgan fingerprint density at radius 3 is 0.924 bits per heavy atom. The minimum Gasteiger partial charge on any atom is -0.394 e. The molecule has 3 aliphatic rings. The third-order valence-corrected chi connectivity index (χ3v) is 22.6. The maximum absolute atomic E-state index is 13.5. The Balaban J connectivity index is 1.33. The van der Waals surface area contributed by atoms with Crippen molar-refractivity contribution < 1.29 is 89.4 Å². The summed E-state index contributed by atoms with van der Waals surface area (Å²) in [5, 5.41) is 121. The SMILES string of the molecule is CCCCCCCCCC/C=C\CCCCCCCCCCCCCCCCCCCCCC(=O)NC(COC1OC(CO)C(OC2OC(CO)C(OC3OC(CO)C(O)C(O)C3O)C(O)C2O)C(O)C1O)C(O)CCCCCCCCCCCCCCCCCCCCCCCCCCCCCCC. The largest absolute Gasteiger partial charge is 0.394 e. The van der Waals surface area contributed by atoms with Crippen molar-refractivity contribution in [2.24, 2.45) is 0 Å². The zero-order valence-corrected chi connectivity index (χ0v) is 67.0. The maximum atomic E-state index is 13.5. The summed E-state index contributed by atoms with van der Waals surface area (Å²) in [6.07, 6.45) is 54.6. The van der Waals surface area contributed by atoms with E-state index in [2.05, 4.69) is 31.3 Å². The lowest BCUT2D eigenvalue weighted by atomic mass is 9.96. The van der Waals surface area contributed by atoms with Crippen molar-refractivity contribution in [3.8, 4) is 0 Å². The molecular formula is C86H165NO18. The molecule has 12 N–H and O–H groups in total. The fourth-order valence-electron chi connectivity index (χ4n) is 15.5. The molecule has 0 aromatic heterocycles. The number of hydrogen-bond acceptors (Lipinski definition) is 18. The predicted molar refractivity (Wildman–Crippen MR) is 420 cm³/mol. The average Bonchev–Trinajstić information content (AvgIpc) is 0.781. The molecule has 19 nitrogen and oxygen atoms in total. The van der Waals surface area contributed by atoms with Crippen molar-refractivity contribution in [2.45, 2.75) is 503 Å². The van der Waals surface area contributed by atoms with Crippen molar-refractivity contribution in [1.29, 1.82) is 0 Å². The summed E-state index contributed by atoms with van der Waals surface area (Å²) in [6.45, 7) is 1.88. The van der Waals surface area contributed by atoms with Gasteiger partial charge in [-0.05, 0) is 38.5 Å². The van der Waals surface area contributed by atoms with Crippen molar-refractivity contribution in [3.63, 3.8) is 0 Å². The first-order chi connectivity index (χ1) is 51.3. The van der Waals surface area contributed by atoms with E-state index in [-0.39, 0.29) is 18.9 Å². The fraction of sp³-hybridized carbons (Fsp3) is 0.965. The number of hydrogen-bond donors (Lipinski definition) is 12. The maximum Gasteiger partial charge on any atom is 0.220 e. The van der Waals surface area contributed by atoms with E-state index in [4.69, 9.17) is 28.4 Å². The highest BCUT2D eigenvalue weighted by atomic mass is 16.8. The molecule has 0 spiro atoms. The Morgan fingerprint density at radius 2 is 0.600 bits per heavy atom. The van der Waals surface area contributed by atoms with Gasteiger partial charge in [0.25, 0.3) is 0 Å². The highest BCUT2D eigenvalue weighted by molar-refractivity contribution is 5.76. The second-order valence-corrected chi connectivity index (χ2v) is 32.1. The smallest absolute Gasteiger partial charge is 0.220 e. The van der Waals surface area contributed by atoms with Gasteiger partial charge in [0.15, 0.2) is 18.9 Å². The van der Waals surface area contributed by atoms with E-state index in [1.54, 1.807) is 0 Å². The number of amides is 1. The Kier molecular flexibility index (Phi) is 62.4. The molecule has 0 aliphatic carbocycles. The molecule has 105 heavy (non-hydrogen) atoms. The molecule has 622 valence electrons. The third-order valence-electron chi connectivity index (χ3n) is 22.6. The van der Waals surface area contributed by atoms with E-state index in [1.165, 1.54) is 321 Å². The third kappa shape index (κ3) is 46.3. The van der Waals surface area contributed by atoms with Gasteiger partial charge in [0.1, 0.15) is 73.2 Å². The lowest BCUT2D eigenvalue weighted by Crippen LogP contribution is -2.66. The van der Waals surface area contributed by atoms with E-state index in [0.717, 1.165) is 44.9 Å². The van der Waals surface area contributed by atoms with Crippen LogP contribution in [0.1, 0.15) is 399 Å². The van der Waals surface area contributed by atoms with Crippen LogP contribution in [0.2, 0.25) is 0 Å². The summed E-state index contributed by atoms with van der Waals surface area (Å²) < 4.78 is 34.6. The Hall–Kier alpha value is -1.47. The van der Waals surface area contributed by atoms with Crippen LogP contribution in [0.4, 0.5) is 0 Å². The fourth-order valence-corrected chi connectivity index (χ4v) is 15.5. The van der Waals surface area contributed by atoms with E-state index >= 15 is 0 Å². The molecule has 3 rings (SSSR count). The zero-order chi connectivity index (χ0) is 76.0. The number of unbranched alkanes of at least 4 members (excludes halogenated alkanes) is 55. The molecule has 0 radical (unpaired) electrons. The molecule has 0 bridgehead atoms. The van der Waals surface area contributed by atoms with Crippen LogP contribution in [0.15, 0.2) is 12.2 Å². The summed E-state index contributed by atoms with van der Waals surface area (Å²) in [5.74, 6) is -0.233. The molecule has 17 atom stereocenters. The Bertz CT molecular complexity index is 1940. The normalized spacial score (nSPS) is 25.7. The molecular weight excluding hydrogens is 1330 g/mol. The number of carbonyl (C=O) groups excluding carboxylic acids is 1. The summed E-state index contributed by atoms with van der Waals surface area (Å²) in [5.41, 5.74) is 0. The highest BCUT2D eigenvalue weighted by Gasteiger charge is 2.54.